The van der Waals surface area contributed by atoms with Crippen LogP contribution in [0.15, 0.2) is 36.5 Å². The SMILES string of the molecule is CCCC/C=C/CCCCCCCC(=O)OC[C@H](COP(=O)(O)OC[C@@H](O)CO)OC(=O)CCCCCCCCC/C=C/C/C=C/CCCCC. The number of hydrogen-bond acceptors (Lipinski definition) is 9. The van der Waals surface area contributed by atoms with Crippen LogP contribution >= 0.6 is 7.82 Å². The van der Waals surface area contributed by atoms with Gasteiger partial charge < -0.3 is 24.6 Å². The van der Waals surface area contributed by atoms with Gasteiger partial charge in [-0.3, -0.25) is 18.6 Å². The van der Waals surface area contributed by atoms with Crippen LogP contribution in [-0.2, 0) is 32.7 Å². The maximum atomic E-state index is 12.6. The van der Waals surface area contributed by atoms with Crippen LogP contribution in [0.4, 0.5) is 0 Å². The fraction of sp³-hybridized carbons (Fsp3) is 0.800. The lowest BCUT2D eigenvalue weighted by Gasteiger charge is -2.20. The molecule has 0 aromatic rings. The summed E-state index contributed by atoms with van der Waals surface area (Å²) in [4.78, 5) is 34.8. The molecule has 0 saturated heterocycles. The number of allylic oxidation sites excluding steroid dienone is 6. The Labute approximate surface area is 310 Å². The lowest BCUT2D eigenvalue weighted by molar-refractivity contribution is -0.161. The van der Waals surface area contributed by atoms with Gasteiger partial charge in [-0.25, -0.2) is 4.57 Å². The summed E-state index contributed by atoms with van der Waals surface area (Å²) in [6.07, 6.45) is 35.4. The van der Waals surface area contributed by atoms with E-state index in [1.807, 2.05) is 0 Å². The van der Waals surface area contributed by atoms with Crippen LogP contribution in [0.3, 0.4) is 0 Å². The number of esters is 2. The minimum atomic E-state index is -4.61. The van der Waals surface area contributed by atoms with Gasteiger partial charge in [-0.15, -0.1) is 0 Å². The highest BCUT2D eigenvalue weighted by molar-refractivity contribution is 7.47. The number of aliphatic hydroxyl groups excluding tert-OH is 2. The molecular formula is C40H73O10P. The summed E-state index contributed by atoms with van der Waals surface area (Å²) in [5.74, 6) is -0.947. The molecule has 0 spiro atoms. The molecule has 0 rings (SSSR count). The predicted molar refractivity (Wildman–Crippen MR) is 205 cm³/mol. The van der Waals surface area contributed by atoms with Gasteiger partial charge in [-0.05, 0) is 64.2 Å². The number of carbonyl (C=O) groups excluding carboxylic acids is 2. The van der Waals surface area contributed by atoms with Crippen LogP contribution in [0.5, 0.6) is 0 Å². The van der Waals surface area contributed by atoms with E-state index in [0.717, 1.165) is 77.0 Å². The number of ether oxygens (including phenoxy) is 2. The molecule has 0 aromatic carbocycles. The molecule has 0 bridgehead atoms. The van der Waals surface area contributed by atoms with Crippen molar-refractivity contribution in [3.05, 3.63) is 36.5 Å². The van der Waals surface area contributed by atoms with Crippen LogP contribution in [-0.4, -0.2) is 65.7 Å². The zero-order valence-electron chi connectivity index (χ0n) is 32.1. The van der Waals surface area contributed by atoms with Crippen LogP contribution in [0.2, 0.25) is 0 Å². The average Bonchev–Trinajstić information content (AvgIpc) is 3.12. The smallest absolute Gasteiger partial charge is 0.462 e. The summed E-state index contributed by atoms with van der Waals surface area (Å²) < 4.78 is 32.6. The van der Waals surface area contributed by atoms with E-state index in [0.29, 0.717) is 12.8 Å². The topological polar surface area (TPSA) is 149 Å². The number of aliphatic hydroxyl groups is 2. The number of unbranched alkanes of at least 4 members (excludes halogenated alkanes) is 17. The zero-order valence-corrected chi connectivity index (χ0v) is 33.0. The Kier molecular flexibility index (Phi) is 35.2. The minimum Gasteiger partial charge on any atom is -0.462 e. The van der Waals surface area contributed by atoms with Crippen molar-refractivity contribution in [2.24, 2.45) is 0 Å². The molecule has 51 heavy (non-hydrogen) atoms. The Morgan fingerprint density at radius 3 is 1.59 bits per heavy atom. The average molecular weight is 745 g/mol. The Hall–Kier alpha value is -1.81. The lowest BCUT2D eigenvalue weighted by Crippen LogP contribution is -2.29. The summed E-state index contributed by atoms with van der Waals surface area (Å²) in [7, 11) is -4.61. The van der Waals surface area contributed by atoms with Gasteiger partial charge in [0.1, 0.15) is 12.7 Å². The van der Waals surface area contributed by atoms with E-state index in [2.05, 4.69) is 54.8 Å². The lowest BCUT2D eigenvalue weighted by atomic mass is 10.1. The third-order valence-corrected chi connectivity index (χ3v) is 9.22. The van der Waals surface area contributed by atoms with Crippen LogP contribution < -0.4 is 0 Å². The molecule has 0 saturated carbocycles. The second-order valence-corrected chi connectivity index (χ2v) is 14.8. The standard InChI is InChI=1S/C40H73O10P/c1-3-5-7-9-11-13-15-16-17-18-19-20-22-24-26-28-30-32-40(44)50-38(36-49-51(45,46)48-34-37(42)33-41)35-47-39(43)31-29-27-25-23-21-14-12-10-8-6-4-2/h10-13,16-17,37-38,41-42H,3-9,14-15,18-36H2,1-2H3,(H,45,46)/b12-10+,13-11+,17-16+/t37-,38+/m0/s1. The number of carbonyl (C=O) groups is 2. The summed E-state index contributed by atoms with van der Waals surface area (Å²) in [5, 5.41) is 18.3. The van der Waals surface area contributed by atoms with Gasteiger partial charge in [-0.2, -0.15) is 0 Å². The molecular weight excluding hydrogens is 671 g/mol. The summed E-state index contributed by atoms with van der Waals surface area (Å²) in [6, 6.07) is 0. The maximum Gasteiger partial charge on any atom is 0.472 e. The van der Waals surface area contributed by atoms with Crippen molar-refractivity contribution in [1.29, 1.82) is 0 Å². The molecule has 298 valence electrons. The van der Waals surface area contributed by atoms with Gasteiger partial charge in [-0.1, -0.05) is 127 Å². The van der Waals surface area contributed by atoms with Gasteiger partial charge >= 0.3 is 19.8 Å². The summed E-state index contributed by atoms with van der Waals surface area (Å²) >= 11 is 0. The normalized spacial score (nSPS) is 14.4. The maximum absolute atomic E-state index is 12.6. The molecule has 0 amide bonds. The third kappa shape index (κ3) is 36.3. The molecule has 3 N–H and O–H groups in total. The van der Waals surface area contributed by atoms with Gasteiger partial charge in [0.2, 0.25) is 0 Å². The van der Waals surface area contributed by atoms with Crippen molar-refractivity contribution in [3.63, 3.8) is 0 Å². The fourth-order valence-corrected chi connectivity index (χ4v) is 5.91. The van der Waals surface area contributed by atoms with E-state index < -0.39 is 51.8 Å². The third-order valence-electron chi connectivity index (χ3n) is 8.27. The molecule has 0 aliphatic heterocycles. The van der Waals surface area contributed by atoms with E-state index in [1.54, 1.807) is 0 Å². The fourth-order valence-electron chi connectivity index (χ4n) is 5.12. The van der Waals surface area contributed by atoms with E-state index >= 15 is 0 Å². The minimum absolute atomic E-state index is 0.173. The Morgan fingerprint density at radius 1 is 0.588 bits per heavy atom. The monoisotopic (exact) mass is 744 g/mol. The second kappa shape index (κ2) is 36.5. The highest BCUT2D eigenvalue weighted by Gasteiger charge is 2.27. The number of phosphoric acid groups is 1. The second-order valence-electron chi connectivity index (χ2n) is 13.3. The number of phosphoric ester groups is 1. The molecule has 0 fully saturated rings. The van der Waals surface area contributed by atoms with E-state index in [1.165, 1.54) is 51.4 Å². The van der Waals surface area contributed by atoms with E-state index in [9.17, 15) is 24.2 Å². The van der Waals surface area contributed by atoms with Crippen molar-refractivity contribution in [2.75, 3.05) is 26.4 Å². The molecule has 3 atom stereocenters. The molecule has 11 heteroatoms. The van der Waals surface area contributed by atoms with Gasteiger partial charge in [0.05, 0.1) is 19.8 Å². The van der Waals surface area contributed by atoms with Crippen molar-refractivity contribution in [1.82, 2.24) is 0 Å². The van der Waals surface area contributed by atoms with E-state index in [4.69, 9.17) is 19.1 Å². The van der Waals surface area contributed by atoms with E-state index in [-0.39, 0.29) is 19.4 Å². The highest BCUT2D eigenvalue weighted by atomic mass is 31.2. The molecule has 0 aliphatic rings. The molecule has 0 radical (unpaired) electrons. The Bertz CT molecular complexity index is 952. The number of rotatable bonds is 37. The van der Waals surface area contributed by atoms with Crippen molar-refractivity contribution in [2.45, 2.75) is 180 Å². The molecule has 0 heterocycles. The van der Waals surface area contributed by atoms with Gasteiger partial charge in [0.15, 0.2) is 6.10 Å². The Morgan fingerprint density at radius 2 is 1.04 bits per heavy atom. The quantitative estimate of drug-likeness (QED) is 0.0243. The first-order chi connectivity index (χ1) is 24.7. The largest absolute Gasteiger partial charge is 0.472 e. The first-order valence-corrected chi connectivity index (χ1v) is 21.4. The molecule has 0 aromatic heterocycles. The summed E-state index contributed by atoms with van der Waals surface area (Å²) in [5.41, 5.74) is 0. The molecule has 1 unspecified atom stereocenters. The van der Waals surface area contributed by atoms with Gasteiger partial charge in [0, 0.05) is 12.8 Å². The van der Waals surface area contributed by atoms with Crippen LogP contribution in [0.1, 0.15) is 168 Å². The highest BCUT2D eigenvalue weighted by Crippen LogP contribution is 2.43. The zero-order chi connectivity index (χ0) is 37.7. The van der Waals surface area contributed by atoms with Crippen molar-refractivity contribution < 1.29 is 47.8 Å². The van der Waals surface area contributed by atoms with Gasteiger partial charge in [0.25, 0.3) is 0 Å². The van der Waals surface area contributed by atoms with Crippen molar-refractivity contribution >= 4 is 19.8 Å². The first kappa shape index (κ1) is 49.2. The van der Waals surface area contributed by atoms with Crippen molar-refractivity contribution in [3.8, 4) is 0 Å². The van der Waals surface area contributed by atoms with Crippen LogP contribution in [0.25, 0.3) is 0 Å². The van der Waals surface area contributed by atoms with Crippen LogP contribution in [0, 0.1) is 0 Å². The predicted octanol–water partition coefficient (Wildman–Crippen LogP) is 10.00. The summed E-state index contributed by atoms with van der Waals surface area (Å²) in [6.45, 7) is 2.28. The number of hydrogen-bond donors (Lipinski definition) is 3. The Balaban J connectivity index is 4.35. The first-order valence-electron chi connectivity index (χ1n) is 19.9. The molecule has 10 nitrogen and oxygen atoms in total. The molecule has 0 aliphatic carbocycles.